The topological polar surface area (TPSA) is 110 Å². The Hall–Kier alpha value is -4.64. The lowest BCUT2D eigenvalue weighted by Crippen LogP contribution is -2.06. The Bertz CT molecular complexity index is 1500. The maximum absolute atomic E-state index is 12.8. The van der Waals surface area contributed by atoms with Gasteiger partial charge in [-0.05, 0) is 18.6 Å². The highest BCUT2D eigenvalue weighted by Gasteiger charge is 2.19. The van der Waals surface area contributed by atoms with E-state index in [9.17, 15) is 10.1 Å². The van der Waals surface area contributed by atoms with E-state index in [1.54, 1.807) is 30.7 Å². The second-order valence-corrected chi connectivity index (χ2v) is 7.41. The SMILES string of the molecule is N#Cc1nc(-c2cccc3c(=O)cc(-c4ccccc4)oc23)oc1NCCCn1ccnc1. The second-order valence-electron chi connectivity index (χ2n) is 7.41. The van der Waals surface area contributed by atoms with Crippen molar-refractivity contribution in [3.05, 3.63) is 89.2 Å². The quantitative estimate of drug-likeness (QED) is 0.368. The third-order valence-electron chi connectivity index (χ3n) is 5.21. The molecule has 0 aliphatic heterocycles. The number of benzene rings is 2. The number of nitriles is 1. The molecule has 0 saturated carbocycles. The van der Waals surface area contributed by atoms with Gasteiger partial charge in [0, 0.05) is 37.1 Å². The first-order valence-corrected chi connectivity index (χ1v) is 10.5. The van der Waals surface area contributed by atoms with Gasteiger partial charge in [-0.1, -0.05) is 36.4 Å². The normalized spacial score (nSPS) is 10.9. The molecule has 33 heavy (non-hydrogen) atoms. The van der Waals surface area contributed by atoms with Gasteiger partial charge < -0.3 is 18.7 Å². The smallest absolute Gasteiger partial charge is 0.233 e. The number of fused-ring (bicyclic) bond motifs is 1. The summed E-state index contributed by atoms with van der Waals surface area (Å²) in [6.45, 7) is 1.37. The minimum Gasteiger partial charge on any atom is -0.455 e. The Kier molecular flexibility index (Phi) is 5.43. The number of rotatable bonds is 7. The van der Waals surface area contributed by atoms with Gasteiger partial charge in [-0.25, -0.2) is 4.98 Å². The molecule has 0 atom stereocenters. The van der Waals surface area contributed by atoms with Crippen LogP contribution in [0, 0.1) is 11.3 Å². The van der Waals surface area contributed by atoms with Gasteiger partial charge in [-0.3, -0.25) is 4.79 Å². The molecule has 0 saturated heterocycles. The molecular formula is C25H19N5O3. The van der Waals surface area contributed by atoms with Crippen LogP contribution in [0.4, 0.5) is 5.88 Å². The summed E-state index contributed by atoms with van der Waals surface area (Å²) in [4.78, 5) is 21.1. The molecule has 5 aromatic rings. The summed E-state index contributed by atoms with van der Waals surface area (Å²) in [6.07, 6.45) is 6.19. The molecule has 1 N–H and O–H groups in total. The lowest BCUT2D eigenvalue weighted by atomic mass is 10.1. The molecule has 3 aromatic heterocycles. The zero-order chi connectivity index (χ0) is 22.6. The fourth-order valence-corrected chi connectivity index (χ4v) is 3.60. The maximum Gasteiger partial charge on any atom is 0.233 e. The standard InChI is InChI=1S/C25H19N5O3/c26-15-20-25(28-10-5-12-30-13-11-27-16-30)33-24(29-20)19-9-4-8-18-21(31)14-22(32-23(18)19)17-6-2-1-3-7-17/h1-4,6-9,11,13-14,16,28H,5,10,12H2. The molecule has 8 nitrogen and oxygen atoms in total. The monoisotopic (exact) mass is 437 g/mol. The van der Waals surface area contributed by atoms with Crippen molar-refractivity contribution in [2.75, 3.05) is 11.9 Å². The van der Waals surface area contributed by atoms with Crippen molar-refractivity contribution in [1.82, 2.24) is 14.5 Å². The van der Waals surface area contributed by atoms with Crippen LogP contribution < -0.4 is 10.7 Å². The lowest BCUT2D eigenvalue weighted by molar-refractivity contribution is 0.574. The van der Waals surface area contributed by atoms with Crippen LogP contribution in [0.2, 0.25) is 0 Å². The zero-order valence-electron chi connectivity index (χ0n) is 17.6. The Balaban J connectivity index is 1.48. The largest absolute Gasteiger partial charge is 0.455 e. The Morgan fingerprint density at radius 2 is 1.97 bits per heavy atom. The second kappa shape index (κ2) is 8.85. The van der Waals surface area contributed by atoms with Crippen molar-refractivity contribution in [1.29, 1.82) is 5.26 Å². The van der Waals surface area contributed by atoms with Crippen LogP contribution in [0.3, 0.4) is 0 Å². The zero-order valence-corrected chi connectivity index (χ0v) is 17.6. The molecular weight excluding hydrogens is 418 g/mol. The van der Waals surface area contributed by atoms with E-state index in [-0.39, 0.29) is 22.9 Å². The van der Waals surface area contributed by atoms with E-state index in [1.807, 2.05) is 41.1 Å². The number of aryl methyl sites for hydroxylation is 1. The van der Waals surface area contributed by atoms with E-state index < -0.39 is 0 Å². The van der Waals surface area contributed by atoms with Gasteiger partial charge in [-0.2, -0.15) is 10.2 Å². The van der Waals surface area contributed by atoms with Gasteiger partial charge in [-0.15, -0.1) is 0 Å². The number of anilines is 1. The Morgan fingerprint density at radius 3 is 2.76 bits per heavy atom. The molecule has 0 aliphatic carbocycles. The molecule has 0 amide bonds. The van der Waals surface area contributed by atoms with E-state index >= 15 is 0 Å². The molecule has 3 heterocycles. The molecule has 8 heteroatoms. The van der Waals surface area contributed by atoms with Gasteiger partial charge >= 0.3 is 0 Å². The summed E-state index contributed by atoms with van der Waals surface area (Å²) in [5.41, 5.74) is 1.64. The lowest BCUT2D eigenvalue weighted by Gasteiger charge is -2.06. The molecule has 0 unspecified atom stereocenters. The summed E-state index contributed by atoms with van der Waals surface area (Å²) in [6, 6.07) is 18.1. The van der Waals surface area contributed by atoms with Gasteiger partial charge in [0.2, 0.25) is 17.5 Å². The first-order chi connectivity index (χ1) is 16.2. The molecule has 0 fully saturated rings. The molecule has 162 valence electrons. The summed E-state index contributed by atoms with van der Waals surface area (Å²) >= 11 is 0. The average Bonchev–Trinajstić information content (AvgIpc) is 3.52. The van der Waals surface area contributed by atoms with Gasteiger partial charge in [0.05, 0.1) is 17.3 Å². The van der Waals surface area contributed by atoms with Crippen molar-refractivity contribution in [2.45, 2.75) is 13.0 Å². The van der Waals surface area contributed by atoms with Crippen LogP contribution in [-0.2, 0) is 6.54 Å². The average molecular weight is 437 g/mol. The maximum atomic E-state index is 12.8. The van der Waals surface area contributed by atoms with E-state index in [0.717, 1.165) is 18.5 Å². The minimum absolute atomic E-state index is 0.145. The molecule has 0 bridgehead atoms. The van der Waals surface area contributed by atoms with Crippen molar-refractivity contribution < 1.29 is 8.83 Å². The number of oxazole rings is 1. The van der Waals surface area contributed by atoms with Gasteiger partial charge in [0.15, 0.2) is 11.0 Å². The highest BCUT2D eigenvalue weighted by atomic mass is 16.4. The number of nitrogens with zero attached hydrogens (tertiary/aromatic N) is 4. The third-order valence-corrected chi connectivity index (χ3v) is 5.21. The number of para-hydroxylation sites is 1. The number of aromatic nitrogens is 3. The van der Waals surface area contributed by atoms with Gasteiger partial charge in [0.25, 0.3) is 0 Å². The molecule has 0 spiro atoms. The fourth-order valence-electron chi connectivity index (χ4n) is 3.60. The van der Waals surface area contributed by atoms with Gasteiger partial charge in [0.1, 0.15) is 11.8 Å². The number of hydrogen-bond acceptors (Lipinski definition) is 7. The number of imidazole rings is 1. The number of hydrogen-bond donors (Lipinski definition) is 1. The van der Waals surface area contributed by atoms with Crippen LogP contribution in [-0.4, -0.2) is 21.1 Å². The van der Waals surface area contributed by atoms with Crippen molar-refractivity contribution in [3.63, 3.8) is 0 Å². The molecule has 2 aromatic carbocycles. The molecule has 0 radical (unpaired) electrons. The van der Waals surface area contributed by atoms with Crippen LogP contribution in [0.15, 0.2) is 86.9 Å². The Labute approximate surface area is 188 Å². The van der Waals surface area contributed by atoms with Crippen LogP contribution >= 0.6 is 0 Å². The van der Waals surface area contributed by atoms with Crippen LogP contribution in [0.1, 0.15) is 12.1 Å². The molecule has 5 rings (SSSR count). The summed E-state index contributed by atoms with van der Waals surface area (Å²) in [5, 5.41) is 13.1. The highest BCUT2D eigenvalue weighted by molar-refractivity contribution is 5.91. The predicted octanol–water partition coefficient (Wildman–Crippen LogP) is 4.69. The highest BCUT2D eigenvalue weighted by Crippen LogP contribution is 2.32. The summed E-state index contributed by atoms with van der Waals surface area (Å²) in [5.74, 6) is 0.949. The minimum atomic E-state index is -0.165. The van der Waals surface area contributed by atoms with Crippen LogP contribution in [0.5, 0.6) is 0 Å². The van der Waals surface area contributed by atoms with Crippen LogP contribution in [0.25, 0.3) is 33.7 Å². The first kappa shape index (κ1) is 20.3. The van der Waals surface area contributed by atoms with E-state index in [4.69, 9.17) is 8.83 Å². The fraction of sp³-hybridized carbons (Fsp3) is 0.120. The third kappa shape index (κ3) is 4.12. The van der Waals surface area contributed by atoms with Crippen molar-refractivity contribution in [2.24, 2.45) is 0 Å². The van der Waals surface area contributed by atoms with Crippen molar-refractivity contribution in [3.8, 4) is 28.8 Å². The first-order valence-electron chi connectivity index (χ1n) is 10.5. The number of nitrogens with one attached hydrogen (secondary N) is 1. The van der Waals surface area contributed by atoms with E-state index in [1.165, 1.54) is 6.07 Å². The summed E-state index contributed by atoms with van der Waals surface area (Å²) in [7, 11) is 0. The van der Waals surface area contributed by atoms with Crippen molar-refractivity contribution >= 4 is 16.9 Å². The molecule has 0 aliphatic rings. The summed E-state index contributed by atoms with van der Waals surface area (Å²) < 4.78 is 14.0. The van der Waals surface area contributed by atoms with E-state index in [0.29, 0.717) is 28.8 Å². The van der Waals surface area contributed by atoms with E-state index in [2.05, 4.69) is 21.4 Å². The predicted molar refractivity (Wildman–Crippen MR) is 123 cm³/mol. The Morgan fingerprint density at radius 1 is 1.09 bits per heavy atom.